The van der Waals surface area contributed by atoms with Crippen molar-refractivity contribution >= 4 is 23.1 Å². The Hall–Kier alpha value is -1.81. The fourth-order valence-electron chi connectivity index (χ4n) is 2.72. The molecule has 1 saturated heterocycles. The van der Waals surface area contributed by atoms with Crippen molar-refractivity contribution < 1.29 is 4.79 Å². The minimum Gasteiger partial charge on any atom is -0.317 e. The number of carbonyl (C=O) groups excluding carboxylic acids is 1. The normalized spacial score (nSPS) is 18.2. The summed E-state index contributed by atoms with van der Waals surface area (Å²) in [5, 5.41) is 7.25. The molecule has 3 nitrogen and oxygen atoms in total. The Morgan fingerprint density at radius 1 is 1.35 bits per heavy atom. The molecule has 2 amide bonds. The minimum atomic E-state index is 0.00741. The van der Waals surface area contributed by atoms with E-state index in [-0.39, 0.29) is 12.1 Å². The summed E-state index contributed by atoms with van der Waals surface area (Å²) in [6.07, 6.45) is 2.12. The molecule has 0 aliphatic carbocycles. The maximum absolute atomic E-state index is 12.5. The van der Waals surface area contributed by atoms with Crippen molar-refractivity contribution in [3.8, 4) is 0 Å². The van der Waals surface area contributed by atoms with Crippen LogP contribution >= 0.6 is 11.3 Å². The molecule has 1 aromatic carbocycles. The van der Waals surface area contributed by atoms with Crippen LogP contribution in [-0.2, 0) is 0 Å². The summed E-state index contributed by atoms with van der Waals surface area (Å²) in [5.74, 6) is 0. The Balaban J connectivity index is 1.75. The highest BCUT2D eigenvalue weighted by atomic mass is 32.1. The van der Waals surface area contributed by atoms with Crippen molar-refractivity contribution in [2.24, 2.45) is 0 Å². The van der Waals surface area contributed by atoms with E-state index in [1.54, 1.807) is 11.3 Å². The summed E-state index contributed by atoms with van der Waals surface area (Å²) in [7, 11) is 0. The first-order chi connectivity index (χ1) is 9.75. The molecule has 0 radical (unpaired) electrons. The molecule has 0 bridgehead atoms. The Bertz CT molecular complexity index is 594. The summed E-state index contributed by atoms with van der Waals surface area (Å²) in [5.41, 5.74) is 3.24. The number of hydrogen-bond acceptors (Lipinski definition) is 2. The predicted molar refractivity (Wildman–Crippen MR) is 83.2 cm³/mol. The molecule has 3 rings (SSSR count). The van der Waals surface area contributed by atoms with Crippen molar-refractivity contribution in [2.75, 3.05) is 11.9 Å². The van der Waals surface area contributed by atoms with Gasteiger partial charge in [0.2, 0.25) is 0 Å². The van der Waals surface area contributed by atoms with Crippen molar-refractivity contribution in [1.82, 2.24) is 4.90 Å². The summed E-state index contributed by atoms with van der Waals surface area (Å²) < 4.78 is 0. The number of amides is 2. The van der Waals surface area contributed by atoms with E-state index in [1.807, 2.05) is 36.1 Å². The number of benzene rings is 1. The number of likely N-dealkylation sites (tertiary alicyclic amines) is 1. The van der Waals surface area contributed by atoms with E-state index in [9.17, 15) is 4.79 Å². The largest absolute Gasteiger partial charge is 0.322 e. The molecule has 104 valence electrons. The second kappa shape index (κ2) is 5.67. The van der Waals surface area contributed by atoms with Gasteiger partial charge >= 0.3 is 6.03 Å². The van der Waals surface area contributed by atoms with Gasteiger partial charge in [-0.1, -0.05) is 18.2 Å². The summed E-state index contributed by atoms with van der Waals surface area (Å²) in [6, 6.07) is 10.2. The predicted octanol–water partition coefficient (Wildman–Crippen LogP) is 4.43. The highest BCUT2D eigenvalue weighted by Crippen LogP contribution is 2.33. The van der Waals surface area contributed by atoms with Crippen molar-refractivity contribution in [2.45, 2.75) is 25.8 Å². The van der Waals surface area contributed by atoms with E-state index >= 15 is 0 Å². The van der Waals surface area contributed by atoms with Crippen LogP contribution in [0, 0.1) is 6.92 Å². The number of anilines is 1. The zero-order valence-corrected chi connectivity index (χ0v) is 12.3. The molecule has 4 heteroatoms. The van der Waals surface area contributed by atoms with Crippen LogP contribution in [0.3, 0.4) is 0 Å². The van der Waals surface area contributed by atoms with Gasteiger partial charge in [0.25, 0.3) is 0 Å². The molecule has 2 aromatic rings. The van der Waals surface area contributed by atoms with E-state index in [0.717, 1.165) is 30.6 Å². The number of aryl methyl sites for hydroxylation is 1. The van der Waals surface area contributed by atoms with Gasteiger partial charge < -0.3 is 10.2 Å². The molecule has 1 aliphatic heterocycles. The van der Waals surface area contributed by atoms with Gasteiger partial charge in [0.05, 0.1) is 6.04 Å². The average Bonchev–Trinajstić information content (AvgIpc) is 3.11. The summed E-state index contributed by atoms with van der Waals surface area (Å²) in [6.45, 7) is 2.84. The van der Waals surface area contributed by atoms with Crippen LogP contribution < -0.4 is 5.32 Å². The van der Waals surface area contributed by atoms with Gasteiger partial charge in [-0.2, -0.15) is 11.3 Å². The van der Waals surface area contributed by atoms with Gasteiger partial charge in [-0.25, -0.2) is 4.79 Å². The number of thiophene rings is 1. The Morgan fingerprint density at radius 3 is 2.95 bits per heavy atom. The fraction of sp³-hybridized carbons (Fsp3) is 0.312. The number of para-hydroxylation sites is 1. The first-order valence-corrected chi connectivity index (χ1v) is 7.85. The number of carbonyl (C=O) groups is 1. The molecule has 1 atom stereocenters. The van der Waals surface area contributed by atoms with E-state index < -0.39 is 0 Å². The maximum atomic E-state index is 12.5. The molecular formula is C16H18N2OS. The van der Waals surface area contributed by atoms with Gasteiger partial charge in [-0.05, 0) is 53.8 Å². The number of nitrogens with one attached hydrogen (secondary N) is 1. The van der Waals surface area contributed by atoms with Crippen LogP contribution in [0.5, 0.6) is 0 Å². The van der Waals surface area contributed by atoms with Gasteiger partial charge in [0.1, 0.15) is 0 Å². The number of hydrogen-bond donors (Lipinski definition) is 1. The fourth-order valence-corrected chi connectivity index (χ4v) is 3.43. The van der Waals surface area contributed by atoms with E-state index in [0.29, 0.717) is 0 Å². The second-order valence-electron chi connectivity index (χ2n) is 5.15. The molecule has 20 heavy (non-hydrogen) atoms. The zero-order valence-electron chi connectivity index (χ0n) is 11.5. The van der Waals surface area contributed by atoms with Gasteiger partial charge in [-0.15, -0.1) is 0 Å². The Labute approximate surface area is 123 Å². The van der Waals surface area contributed by atoms with Crippen molar-refractivity contribution in [3.63, 3.8) is 0 Å². The number of nitrogens with zero attached hydrogens (tertiary/aromatic N) is 1. The molecule has 2 heterocycles. The third-order valence-corrected chi connectivity index (χ3v) is 4.53. The van der Waals surface area contributed by atoms with Gasteiger partial charge in [-0.3, -0.25) is 0 Å². The lowest BCUT2D eigenvalue weighted by Gasteiger charge is -2.25. The van der Waals surface area contributed by atoms with E-state index in [4.69, 9.17) is 0 Å². The van der Waals surface area contributed by atoms with Gasteiger partial charge in [0, 0.05) is 12.2 Å². The minimum absolute atomic E-state index is 0.00741. The highest BCUT2D eigenvalue weighted by Gasteiger charge is 2.30. The molecule has 0 spiro atoms. The standard InChI is InChI=1S/C16H18N2OS/c1-12-5-2-3-6-14(12)17-16(19)18-9-4-7-15(18)13-8-10-20-11-13/h2-3,5-6,8,10-11,15H,4,7,9H2,1H3,(H,17,19). The SMILES string of the molecule is Cc1ccccc1NC(=O)N1CCCC1c1ccsc1. The van der Waals surface area contributed by atoms with Crippen LogP contribution in [0.1, 0.15) is 30.0 Å². The lowest BCUT2D eigenvalue weighted by atomic mass is 10.1. The maximum Gasteiger partial charge on any atom is 0.322 e. The second-order valence-corrected chi connectivity index (χ2v) is 5.93. The van der Waals surface area contributed by atoms with E-state index in [1.165, 1.54) is 5.56 Å². The van der Waals surface area contributed by atoms with Crippen molar-refractivity contribution in [1.29, 1.82) is 0 Å². The smallest absolute Gasteiger partial charge is 0.317 e. The molecule has 0 saturated carbocycles. The van der Waals surface area contributed by atoms with Crippen molar-refractivity contribution in [3.05, 3.63) is 52.2 Å². The van der Waals surface area contributed by atoms with Crippen LogP contribution in [0.15, 0.2) is 41.1 Å². The zero-order chi connectivity index (χ0) is 13.9. The monoisotopic (exact) mass is 286 g/mol. The first kappa shape index (κ1) is 13.2. The quantitative estimate of drug-likeness (QED) is 0.870. The highest BCUT2D eigenvalue weighted by molar-refractivity contribution is 7.07. The van der Waals surface area contributed by atoms with Gasteiger partial charge in [0.15, 0.2) is 0 Å². The van der Waals surface area contributed by atoms with Crippen LogP contribution in [-0.4, -0.2) is 17.5 Å². The lowest BCUT2D eigenvalue weighted by molar-refractivity contribution is 0.207. The summed E-state index contributed by atoms with van der Waals surface area (Å²) in [4.78, 5) is 14.4. The molecular weight excluding hydrogens is 268 g/mol. The Morgan fingerprint density at radius 2 is 2.20 bits per heavy atom. The third-order valence-electron chi connectivity index (χ3n) is 3.83. The Kier molecular flexibility index (Phi) is 3.74. The average molecular weight is 286 g/mol. The van der Waals surface area contributed by atoms with E-state index in [2.05, 4.69) is 22.1 Å². The third kappa shape index (κ3) is 2.56. The van der Waals surface area contributed by atoms with Crippen LogP contribution in [0.4, 0.5) is 10.5 Å². The number of rotatable bonds is 2. The number of urea groups is 1. The first-order valence-electron chi connectivity index (χ1n) is 6.91. The molecule has 1 fully saturated rings. The molecule has 1 aliphatic rings. The molecule has 1 N–H and O–H groups in total. The lowest BCUT2D eigenvalue weighted by Crippen LogP contribution is -2.34. The molecule has 1 unspecified atom stereocenters. The topological polar surface area (TPSA) is 32.3 Å². The van der Waals surface area contributed by atoms with Crippen LogP contribution in [0.2, 0.25) is 0 Å². The molecule has 1 aromatic heterocycles. The van der Waals surface area contributed by atoms with Crippen LogP contribution in [0.25, 0.3) is 0 Å². The summed E-state index contributed by atoms with van der Waals surface area (Å²) >= 11 is 1.69.